The van der Waals surface area contributed by atoms with Gasteiger partial charge >= 0.3 is 0 Å². The first-order valence-corrected chi connectivity index (χ1v) is 8.51. The molecule has 4 nitrogen and oxygen atoms in total. The number of piperidine rings is 1. The van der Waals surface area contributed by atoms with E-state index in [0.717, 1.165) is 36.8 Å². The van der Waals surface area contributed by atoms with E-state index in [2.05, 4.69) is 50.3 Å². The Morgan fingerprint density at radius 2 is 1.91 bits per heavy atom. The Bertz CT molecular complexity index is 712. The van der Waals surface area contributed by atoms with Crippen LogP contribution in [0.1, 0.15) is 18.9 Å². The largest absolute Gasteiger partial charge is 0.348 e. The van der Waals surface area contributed by atoms with E-state index in [-0.39, 0.29) is 0 Å². The first-order chi connectivity index (χ1) is 10.9. The van der Waals surface area contributed by atoms with Gasteiger partial charge in [0.05, 0.1) is 12.0 Å². The van der Waals surface area contributed by atoms with Gasteiger partial charge in [-0.1, -0.05) is 30.3 Å². The third kappa shape index (κ3) is 2.64. The average molecular weight is 310 g/mol. The summed E-state index contributed by atoms with van der Waals surface area (Å²) >= 11 is 1.75. The van der Waals surface area contributed by atoms with Gasteiger partial charge in [0.25, 0.3) is 0 Å². The standard InChI is InChI=1S/C17H18N4S/c1-2-4-14(5-3-1)16-12-22-17(19-16)20-9-6-15(7-10-20)21-11-8-18-13-21/h1-5,8,11-13,15H,6-7,9-10H2. The lowest BCUT2D eigenvalue weighted by Crippen LogP contribution is -2.34. The van der Waals surface area contributed by atoms with Crippen molar-refractivity contribution < 1.29 is 0 Å². The second kappa shape index (κ2) is 5.93. The first-order valence-electron chi connectivity index (χ1n) is 7.63. The maximum absolute atomic E-state index is 4.82. The molecule has 3 heterocycles. The zero-order chi connectivity index (χ0) is 14.8. The van der Waals surface area contributed by atoms with Crippen LogP contribution in [0.3, 0.4) is 0 Å². The number of anilines is 1. The van der Waals surface area contributed by atoms with Gasteiger partial charge < -0.3 is 9.47 Å². The van der Waals surface area contributed by atoms with E-state index >= 15 is 0 Å². The van der Waals surface area contributed by atoms with Gasteiger partial charge in [0.2, 0.25) is 0 Å². The molecule has 0 saturated carbocycles. The number of benzene rings is 1. The van der Waals surface area contributed by atoms with Crippen LogP contribution in [0.4, 0.5) is 5.13 Å². The molecule has 4 rings (SSSR count). The molecule has 0 N–H and O–H groups in total. The van der Waals surface area contributed by atoms with Crippen molar-refractivity contribution in [2.45, 2.75) is 18.9 Å². The number of imidazole rings is 1. The molecule has 0 atom stereocenters. The molecule has 1 fully saturated rings. The average Bonchev–Trinajstić information content (AvgIpc) is 3.28. The first kappa shape index (κ1) is 13.5. The predicted octanol–water partition coefficient (Wildman–Crippen LogP) is 3.85. The Morgan fingerprint density at radius 3 is 2.64 bits per heavy atom. The highest BCUT2D eigenvalue weighted by atomic mass is 32.1. The number of hydrogen-bond donors (Lipinski definition) is 0. The molecule has 0 radical (unpaired) electrons. The van der Waals surface area contributed by atoms with Crippen molar-refractivity contribution in [3.05, 3.63) is 54.4 Å². The Morgan fingerprint density at radius 1 is 1.09 bits per heavy atom. The van der Waals surface area contributed by atoms with Crippen molar-refractivity contribution in [3.8, 4) is 11.3 Å². The van der Waals surface area contributed by atoms with E-state index in [1.54, 1.807) is 11.3 Å². The number of rotatable bonds is 3. The highest BCUT2D eigenvalue weighted by Gasteiger charge is 2.22. The van der Waals surface area contributed by atoms with Gasteiger partial charge in [0.1, 0.15) is 0 Å². The summed E-state index contributed by atoms with van der Waals surface area (Å²) in [6, 6.07) is 11.0. The van der Waals surface area contributed by atoms with E-state index in [1.807, 2.05) is 18.6 Å². The minimum absolute atomic E-state index is 0.576. The van der Waals surface area contributed by atoms with Crippen molar-refractivity contribution in [3.63, 3.8) is 0 Å². The number of thiazole rings is 1. The van der Waals surface area contributed by atoms with Gasteiger partial charge in [-0.05, 0) is 12.8 Å². The Kier molecular flexibility index (Phi) is 3.64. The predicted molar refractivity (Wildman–Crippen MR) is 90.3 cm³/mol. The van der Waals surface area contributed by atoms with E-state index in [9.17, 15) is 0 Å². The van der Waals surface area contributed by atoms with Gasteiger partial charge in [-0.3, -0.25) is 0 Å². The Hall–Kier alpha value is -2.14. The minimum atomic E-state index is 0.576. The fraction of sp³-hybridized carbons (Fsp3) is 0.294. The quantitative estimate of drug-likeness (QED) is 0.737. The molecule has 3 aromatic rings. The maximum Gasteiger partial charge on any atom is 0.185 e. The second-order valence-corrected chi connectivity index (χ2v) is 6.45. The lowest BCUT2D eigenvalue weighted by molar-refractivity contribution is 0.396. The van der Waals surface area contributed by atoms with Crippen LogP contribution in [0.15, 0.2) is 54.4 Å². The molecule has 0 spiro atoms. The molecular formula is C17H18N4S. The van der Waals surface area contributed by atoms with E-state index in [1.165, 1.54) is 5.56 Å². The topological polar surface area (TPSA) is 34.0 Å². The van der Waals surface area contributed by atoms with Crippen LogP contribution in [-0.2, 0) is 0 Å². The summed E-state index contributed by atoms with van der Waals surface area (Å²) in [5.41, 5.74) is 2.27. The summed E-state index contributed by atoms with van der Waals surface area (Å²) in [6.07, 6.45) is 8.15. The van der Waals surface area contributed by atoms with E-state index in [0.29, 0.717) is 6.04 Å². The molecule has 1 aliphatic heterocycles. The monoisotopic (exact) mass is 310 g/mol. The van der Waals surface area contributed by atoms with Crippen LogP contribution >= 0.6 is 11.3 Å². The van der Waals surface area contributed by atoms with Crippen molar-refractivity contribution in [2.24, 2.45) is 0 Å². The molecule has 0 aliphatic carbocycles. The number of nitrogens with zero attached hydrogens (tertiary/aromatic N) is 4. The van der Waals surface area contributed by atoms with Crippen molar-refractivity contribution in [1.82, 2.24) is 14.5 Å². The fourth-order valence-corrected chi connectivity index (χ4v) is 3.88. The summed E-state index contributed by atoms with van der Waals surface area (Å²) in [4.78, 5) is 11.4. The molecule has 1 aromatic carbocycles. The third-order valence-corrected chi connectivity index (χ3v) is 5.14. The summed E-state index contributed by atoms with van der Waals surface area (Å²) in [6.45, 7) is 2.12. The summed E-state index contributed by atoms with van der Waals surface area (Å²) in [7, 11) is 0. The third-order valence-electron chi connectivity index (χ3n) is 4.24. The van der Waals surface area contributed by atoms with E-state index < -0.39 is 0 Å². The molecule has 22 heavy (non-hydrogen) atoms. The molecule has 2 aromatic heterocycles. The van der Waals surface area contributed by atoms with Crippen molar-refractivity contribution >= 4 is 16.5 Å². The molecular weight excluding hydrogens is 292 g/mol. The van der Waals surface area contributed by atoms with Crippen LogP contribution in [-0.4, -0.2) is 27.6 Å². The molecule has 0 bridgehead atoms. The zero-order valence-electron chi connectivity index (χ0n) is 12.3. The van der Waals surface area contributed by atoms with Crippen LogP contribution < -0.4 is 4.90 Å². The lowest BCUT2D eigenvalue weighted by atomic mass is 10.1. The SMILES string of the molecule is c1ccc(-c2csc(N3CCC(n4ccnc4)CC3)n2)cc1. The van der Waals surface area contributed by atoms with Gasteiger partial charge in [-0.2, -0.15) is 0 Å². The summed E-state index contributed by atoms with van der Waals surface area (Å²) in [5, 5.41) is 3.30. The molecule has 1 aliphatic rings. The van der Waals surface area contributed by atoms with Crippen LogP contribution in [0, 0.1) is 0 Å². The van der Waals surface area contributed by atoms with E-state index in [4.69, 9.17) is 4.98 Å². The molecule has 5 heteroatoms. The van der Waals surface area contributed by atoms with Gasteiger partial charge in [-0.25, -0.2) is 9.97 Å². The summed E-state index contributed by atoms with van der Waals surface area (Å²) in [5.74, 6) is 0. The van der Waals surface area contributed by atoms with Crippen LogP contribution in [0.2, 0.25) is 0 Å². The highest BCUT2D eigenvalue weighted by Crippen LogP contribution is 2.31. The zero-order valence-corrected chi connectivity index (χ0v) is 13.1. The summed E-state index contributed by atoms with van der Waals surface area (Å²) < 4.78 is 2.23. The van der Waals surface area contributed by atoms with Gasteiger partial charge in [0, 0.05) is 42.5 Å². The highest BCUT2D eigenvalue weighted by molar-refractivity contribution is 7.14. The van der Waals surface area contributed by atoms with Crippen LogP contribution in [0.5, 0.6) is 0 Å². The van der Waals surface area contributed by atoms with Crippen molar-refractivity contribution in [1.29, 1.82) is 0 Å². The molecule has 0 unspecified atom stereocenters. The number of hydrogen-bond acceptors (Lipinski definition) is 4. The van der Waals surface area contributed by atoms with Gasteiger partial charge in [-0.15, -0.1) is 11.3 Å². The minimum Gasteiger partial charge on any atom is -0.348 e. The number of aromatic nitrogens is 3. The van der Waals surface area contributed by atoms with Crippen molar-refractivity contribution in [2.75, 3.05) is 18.0 Å². The van der Waals surface area contributed by atoms with Gasteiger partial charge in [0.15, 0.2) is 5.13 Å². The normalized spacial score (nSPS) is 16.1. The lowest BCUT2D eigenvalue weighted by Gasteiger charge is -2.32. The molecule has 112 valence electrons. The molecule has 0 amide bonds. The molecule has 1 saturated heterocycles. The smallest absolute Gasteiger partial charge is 0.185 e. The maximum atomic E-state index is 4.82. The Labute approximate surface area is 134 Å². The Balaban J connectivity index is 1.45. The fourth-order valence-electron chi connectivity index (χ4n) is 2.99. The second-order valence-electron chi connectivity index (χ2n) is 5.61. The van der Waals surface area contributed by atoms with Crippen LogP contribution in [0.25, 0.3) is 11.3 Å².